The van der Waals surface area contributed by atoms with E-state index in [0.29, 0.717) is 25.7 Å². The van der Waals surface area contributed by atoms with E-state index in [0.717, 1.165) is 52.3 Å². The van der Waals surface area contributed by atoms with E-state index in [1.165, 1.54) is 12.1 Å². The first kappa shape index (κ1) is 17.8. The predicted molar refractivity (Wildman–Crippen MR) is 110 cm³/mol. The van der Waals surface area contributed by atoms with Gasteiger partial charge in [0.1, 0.15) is 29.3 Å². The molecule has 152 valence electrons. The van der Waals surface area contributed by atoms with E-state index in [2.05, 4.69) is 25.1 Å². The molecule has 0 bridgehead atoms. The van der Waals surface area contributed by atoms with E-state index < -0.39 is 5.41 Å². The Bertz CT molecular complexity index is 1130. The lowest BCUT2D eigenvalue weighted by atomic mass is 9.74. The monoisotopic (exact) mass is 403 g/mol. The molecule has 2 atom stereocenters. The number of hydrogen-bond acceptors (Lipinski definition) is 3. The van der Waals surface area contributed by atoms with Crippen LogP contribution in [0.25, 0.3) is 0 Å². The number of ether oxygens (including phenoxy) is 2. The Morgan fingerprint density at radius 1 is 1.17 bits per heavy atom. The van der Waals surface area contributed by atoms with Crippen LogP contribution < -0.4 is 9.47 Å². The number of halogens is 1. The van der Waals surface area contributed by atoms with Crippen LogP contribution >= 0.6 is 0 Å². The van der Waals surface area contributed by atoms with Gasteiger partial charge in [0.2, 0.25) is 5.91 Å². The van der Waals surface area contributed by atoms with Crippen LogP contribution in [0.5, 0.6) is 11.5 Å². The summed E-state index contributed by atoms with van der Waals surface area (Å²) < 4.78 is 25.2. The summed E-state index contributed by atoms with van der Waals surface area (Å²) in [6.07, 6.45) is 6.16. The van der Waals surface area contributed by atoms with Gasteiger partial charge in [0.25, 0.3) is 0 Å². The zero-order valence-corrected chi connectivity index (χ0v) is 16.8. The molecular formula is C25H22FNO3. The number of rotatable bonds is 2. The molecule has 3 heterocycles. The predicted octanol–water partition coefficient (Wildman–Crippen LogP) is 4.28. The summed E-state index contributed by atoms with van der Waals surface area (Å²) in [6.45, 7) is 3.55. The highest BCUT2D eigenvalue weighted by atomic mass is 19.1. The van der Waals surface area contributed by atoms with Gasteiger partial charge in [-0.2, -0.15) is 0 Å². The minimum absolute atomic E-state index is 0.0380. The molecule has 0 aromatic heterocycles. The molecule has 2 aromatic carbocycles. The van der Waals surface area contributed by atoms with Crippen LogP contribution in [0.4, 0.5) is 4.39 Å². The molecular weight excluding hydrogens is 381 g/mol. The van der Waals surface area contributed by atoms with Gasteiger partial charge in [-0.15, -0.1) is 0 Å². The summed E-state index contributed by atoms with van der Waals surface area (Å²) in [5.41, 5.74) is 4.20. The first-order valence-corrected chi connectivity index (χ1v) is 10.5. The normalized spacial score (nSPS) is 26.0. The molecule has 0 saturated carbocycles. The van der Waals surface area contributed by atoms with Gasteiger partial charge in [0.15, 0.2) is 0 Å². The molecule has 0 N–H and O–H groups in total. The fraction of sp³-hybridized carbons (Fsp3) is 0.320. The molecule has 5 heteroatoms. The van der Waals surface area contributed by atoms with Gasteiger partial charge in [0, 0.05) is 23.7 Å². The van der Waals surface area contributed by atoms with Crippen molar-refractivity contribution in [2.45, 2.75) is 31.7 Å². The Hall–Kier alpha value is -3.08. The molecule has 1 fully saturated rings. The summed E-state index contributed by atoms with van der Waals surface area (Å²) in [5.74, 6) is 1.73. The maximum Gasteiger partial charge on any atom is 0.246 e. The average Bonchev–Trinajstić information content (AvgIpc) is 3.41. The summed E-state index contributed by atoms with van der Waals surface area (Å²) in [5, 5.41) is 0. The number of nitrogens with zero attached hydrogens (tertiary/aromatic N) is 1. The Morgan fingerprint density at radius 3 is 2.83 bits per heavy atom. The van der Waals surface area contributed by atoms with Gasteiger partial charge in [-0.1, -0.05) is 31.2 Å². The van der Waals surface area contributed by atoms with Crippen molar-refractivity contribution in [1.29, 1.82) is 0 Å². The van der Waals surface area contributed by atoms with Gasteiger partial charge >= 0.3 is 0 Å². The van der Waals surface area contributed by atoms with Crippen LogP contribution in [0.1, 0.15) is 30.0 Å². The Kier molecular flexibility index (Phi) is 3.67. The lowest BCUT2D eigenvalue weighted by molar-refractivity contribution is -0.132. The summed E-state index contributed by atoms with van der Waals surface area (Å²) >= 11 is 0. The summed E-state index contributed by atoms with van der Waals surface area (Å²) in [4.78, 5) is 15.9. The molecule has 1 saturated heterocycles. The molecule has 4 nitrogen and oxygen atoms in total. The Morgan fingerprint density at radius 2 is 2.00 bits per heavy atom. The second kappa shape index (κ2) is 6.21. The van der Waals surface area contributed by atoms with Crippen LogP contribution in [-0.2, 0) is 23.2 Å². The number of likely N-dealkylation sites (tertiary alicyclic amines) is 1. The molecule has 0 radical (unpaired) electrons. The molecule has 1 spiro atoms. The largest absolute Gasteiger partial charge is 0.493 e. The molecule has 2 unspecified atom stereocenters. The van der Waals surface area contributed by atoms with Gasteiger partial charge < -0.3 is 14.4 Å². The maximum atomic E-state index is 14.0. The van der Waals surface area contributed by atoms with Gasteiger partial charge in [0.05, 0.1) is 13.2 Å². The minimum atomic E-state index is -0.807. The van der Waals surface area contributed by atoms with E-state index in [1.54, 1.807) is 12.1 Å². The number of carbonyl (C=O) groups excluding carboxylic acids is 1. The number of amides is 1. The lowest BCUT2D eigenvalue weighted by Gasteiger charge is -2.23. The van der Waals surface area contributed by atoms with Gasteiger partial charge in [-0.25, -0.2) is 4.39 Å². The smallest absolute Gasteiger partial charge is 0.246 e. The van der Waals surface area contributed by atoms with Gasteiger partial charge in [-0.05, 0) is 47.2 Å². The Balaban J connectivity index is 1.48. The van der Waals surface area contributed by atoms with Crippen molar-refractivity contribution in [3.8, 4) is 11.5 Å². The fourth-order valence-corrected chi connectivity index (χ4v) is 5.17. The molecule has 30 heavy (non-hydrogen) atoms. The molecule has 1 amide bonds. The summed E-state index contributed by atoms with van der Waals surface area (Å²) in [7, 11) is 0. The molecule has 4 aliphatic rings. The highest BCUT2D eigenvalue weighted by molar-refractivity contribution is 6.01. The Labute approximate surface area is 174 Å². The maximum absolute atomic E-state index is 14.0. The van der Waals surface area contributed by atoms with Crippen LogP contribution in [0.15, 0.2) is 59.8 Å². The molecule has 3 aliphatic heterocycles. The summed E-state index contributed by atoms with van der Waals surface area (Å²) in [6, 6.07) is 10.4. The fourth-order valence-electron chi connectivity index (χ4n) is 5.17. The average molecular weight is 403 g/mol. The lowest BCUT2D eigenvalue weighted by Crippen LogP contribution is -2.39. The van der Waals surface area contributed by atoms with Crippen molar-refractivity contribution < 1.29 is 18.7 Å². The second-order valence-corrected chi connectivity index (χ2v) is 8.65. The van der Waals surface area contributed by atoms with Gasteiger partial charge in [-0.3, -0.25) is 4.79 Å². The van der Waals surface area contributed by atoms with Crippen LogP contribution in [0.2, 0.25) is 0 Å². The first-order valence-electron chi connectivity index (χ1n) is 10.5. The molecule has 6 rings (SSSR count). The highest BCUT2D eigenvalue weighted by Crippen LogP contribution is 2.55. The van der Waals surface area contributed by atoms with Crippen LogP contribution in [-0.4, -0.2) is 24.0 Å². The van der Waals surface area contributed by atoms with E-state index in [4.69, 9.17) is 9.47 Å². The first-order chi connectivity index (χ1) is 14.6. The minimum Gasteiger partial charge on any atom is -0.493 e. The third-order valence-corrected chi connectivity index (χ3v) is 6.72. The van der Waals surface area contributed by atoms with Crippen LogP contribution in [0, 0.1) is 11.7 Å². The van der Waals surface area contributed by atoms with E-state index >= 15 is 0 Å². The van der Waals surface area contributed by atoms with Crippen molar-refractivity contribution in [3.05, 3.63) is 82.3 Å². The van der Waals surface area contributed by atoms with E-state index in [1.807, 2.05) is 11.0 Å². The SMILES string of the molecule is CC1C=C2C(=CC1)C1(COc3cc4c(cc31)CCO4)C(=O)N2Cc1ccc(F)cc1. The van der Waals surface area contributed by atoms with E-state index in [-0.39, 0.29) is 11.7 Å². The highest BCUT2D eigenvalue weighted by Gasteiger charge is 2.59. The number of carbonyl (C=O) groups is 1. The van der Waals surface area contributed by atoms with Crippen molar-refractivity contribution in [3.63, 3.8) is 0 Å². The zero-order valence-electron chi connectivity index (χ0n) is 16.8. The van der Waals surface area contributed by atoms with E-state index in [9.17, 15) is 9.18 Å². The van der Waals surface area contributed by atoms with Crippen LogP contribution in [0.3, 0.4) is 0 Å². The number of benzene rings is 2. The zero-order chi connectivity index (χ0) is 20.5. The number of allylic oxidation sites excluding steroid dienone is 3. The third-order valence-electron chi connectivity index (χ3n) is 6.72. The molecule has 2 aromatic rings. The van der Waals surface area contributed by atoms with Crippen molar-refractivity contribution in [1.82, 2.24) is 4.90 Å². The quantitative estimate of drug-likeness (QED) is 0.751. The van der Waals surface area contributed by atoms with Crippen molar-refractivity contribution in [2.24, 2.45) is 5.92 Å². The third kappa shape index (κ3) is 2.35. The number of fused-ring (bicyclic) bond motifs is 5. The molecule has 1 aliphatic carbocycles. The standard InChI is InChI=1S/C25H22FNO3/c1-15-2-7-19-21(10-15)27(13-16-3-5-18(26)6-4-16)24(28)25(19)14-30-23-12-22-17(8-9-29-22)11-20(23)25/h3-7,10-12,15H,2,8-9,13-14H2,1H3. The second-order valence-electron chi connectivity index (χ2n) is 8.65. The van der Waals surface area contributed by atoms with Crippen molar-refractivity contribution in [2.75, 3.05) is 13.2 Å². The topological polar surface area (TPSA) is 38.8 Å². The number of hydrogen-bond donors (Lipinski definition) is 0. The van der Waals surface area contributed by atoms with Crippen molar-refractivity contribution >= 4 is 5.91 Å².